The van der Waals surface area contributed by atoms with E-state index in [1.165, 1.54) is 11.8 Å². The fourth-order valence-corrected chi connectivity index (χ4v) is 3.21. The summed E-state index contributed by atoms with van der Waals surface area (Å²) in [4.78, 5) is 32.8. The van der Waals surface area contributed by atoms with Crippen molar-refractivity contribution in [2.75, 3.05) is 17.6 Å². The number of carbonyl (C=O) groups excluding carboxylic acids is 2. The number of nitrogens with zero attached hydrogens (tertiary/aromatic N) is 2. The van der Waals surface area contributed by atoms with Crippen LogP contribution in [-0.4, -0.2) is 34.1 Å². The fourth-order valence-electron chi connectivity index (χ4n) is 2.17. The second-order valence-corrected chi connectivity index (χ2v) is 7.89. The topological polar surface area (TPSA) is 84.0 Å². The van der Waals surface area contributed by atoms with Crippen molar-refractivity contribution in [1.29, 1.82) is 0 Å². The van der Waals surface area contributed by atoms with Crippen LogP contribution in [0.3, 0.4) is 0 Å². The molecule has 0 unspecified atom stereocenters. The third kappa shape index (κ3) is 7.30. The van der Waals surface area contributed by atoms with Crippen molar-refractivity contribution >= 4 is 45.2 Å². The number of aryl methyl sites for hydroxylation is 1. The monoisotopic (exact) mass is 450 g/mol. The number of carbonyl (C=O) groups is 2. The number of anilines is 1. The lowest BCUT2D eigenvalue weighted by Gasteiger charge is -2.08. The minimum atomic E-state index is -0.276. The molecule has 2 rings (SSSR count). The third-order valence-corrected chi connectivity index (χ3v) is 5.22. The highest BCUT2D eigenvalue weighted by atomic mass is 79.9. The maximum Gasteiger partial charge on any atom is 0.271 e. The first-order valence-electron chi connectivity index (χ1n) is 8.79. The highest BCUT2D eigenvalue weighted by Crippen LogP contribution is 2.19. The predicted octanol–water partition coefficient (Wildman–Crippen LogP) is 4.20. The van der Waals surface area contributed by atoms with Crippen LogP contribution in [0, 0.1) is 6.92 Å². The van der Waals surface area contributed by atoms with E-state index in [0.717, 1.165) is 23.4 Å². The van der Waals surface area contributed by atoms with Crippen LogP contribution in [0.5, 0.6) is 0 Å². The maximum absolute atomic E-state index is 12.3. The van der Waals surface area contributed by atoms with Crippen molar-refractivity contribution < 1.29 is 9.59 Å². The molecule has 0 atom stereocenters. The number of hydrogen-bond acceptors (Lipinski definition) is 5. The zero-order valence-electron chi connectivity index (χ0n) is 15.4. The standard InChI is InChI=1S/C19H23BrN4O2S/c1-3-11-27-19-22-12-15(20)17(24-19)18(26)21-10-4-5-16(25)23-14-8-6-13(2)7-9-14/h6-9,12H,3-5,10-11H2,1-2H3,(H,21,26)(H,23,25). The number of hydrogen-bond donors (Lipinski definition) is 2. The maximum atomic E-state index is 12.3. The Morgan fingerprint density at radius 1 is 1.22 bits per heavy atom. The SMILES string of the molecule is CCCSc1ncc(Br)c(C(=O)NCCCC(=O)Nc2ccc(C)cc2)n1. The molecule has 0 bridgehead atoms. The van der Waals surface area contributed by atoms with E-state index in [9.17, 15) is 9.59 Å². The van der Waals surface area contributed by atoms with Crippen LogP contribution in [0.4, 0.5) is 5.69 Å². The molecular formula is C19H23BrN4O2S. The summed E-state index contributed by atoms with van der Waals surface area (Å²) in [6.45, 7) is 4.47. The van der Waals surface area contributed by atoms with E-state index in [1.54, 1.807) is 6.20 Å². The zero-order chi connectivity index (χ0) is 19.6. The molecule has 0 aliphatic heterocycles. The van der Waals surface area contributed by atoms with Crippen molar-refractivity contribution in [2.24, 2.45) is 0 Å². The average Bonchev–Trinajstić information content (AvgIpc) is 2.66. The van der Waals surface area contributed by atoms with Crippen molar-refractivity contribution in [3.05, 3.63) is 46.2 Å². The molecule has 0 saturated heterocycles. The molecule has 0 aliphatic rings. The van der Waals surface area contributed by atoms with Crippen LogP contribution in [0.15, 0.2) is 40.1 Å². The van der Waals surface area contributed by atoms with Gasteiger partial charge in [-0.15, -0.1) is 0 Å². The highest BCUT2D eigenvalue weighted by molar-refractivity contribution is 9.10. The average molecular weight is 451 g/mol. The molecule has 0 fully saturated rings. The number of halogens is 1. The van der Waals surface area contributed by atoms with Gasteiger partial charge in [-0.1, -0.05) is 36.4 Å². The van der Waals surface area contributed by atoms with E-state index in [0.29, 0.717) is 34.7 Å². The molecule has 144 valence electrons. The molecule has 1 aromatic heterocycles. The Morgan fingerprint density at radius 2 is 1.96 bits per heavy atom. The number of nitrogens with one attached hydrogen (secondary N) is 2. The van der Waals surface area contributed by atoms with Gasteiger partial charge in [0.2, 0.25) is 5.91 Å². The van der Waals surface area contributed by atoms with E-state index in [2.05, 4.69) is 43.5 Å². The van der Waals surface area contributed by atoms with E-state index >= 15 is 0 Å². The van der Waals surface area contributed by atoms with Gasteiger partial charge in [0.05, 0.1) is 4.47 Å². The lowest BCUT2D eigenvalue weighted by Crippen LogP contribution is -2.27. The summed E-state index contributed by atoms with van der Waals surface area (Å²) in [5.74, 6) is 0.551. The molecule has 0 radical (unpaired) electrons. The van der Waals surface area contributed by atoms with Crippen molar-refractivity contribution in [2.45, 2.75) is 38.3 Å². The Balaban J connectivity index is 1.77. The predicted molar refractivity (Wildman–Crippen MR) is 112 cm³/mol. The minimum Gasteiger partial charge on any atom is -0.351 e. The Bertz CT molecular complexity index is 784. The van der Waals surface area contributed by atoms with Gasteiger partial charge in [0.25, 0.3) is 5.91 Å². The molecule has 0 aliphatic carbocycles. The van der Waals surface area contributed by atoms with Gasteiger partial charge >= 0.3 is 0 Å². The summed E-state index contributed by atoms with van der Waals surface area (Å²) in [7, 11) is 0. The second kappa shape index (κ2) is 11.0. The lowest BCUT2D eigenvalue weighted by atomic mass is 10.2. The summed E-state index contributed by atoms with van der Waals surface area (Å²) in [5, 5.41) is 6.23. The van der Waals surface area contributed by atoms with Crippen molar-refractivity contribution in [1.82, 2.24) is 15.3 Å². The Hall–Kier alpha value is -1.93. The molecule has 1 aromatic carbocycles. The smallest absolute Gasteiger partial charge is 0.271 e. The van der Waals surface area contributed by atoms with Gasteiger partial charge in [0.15, 0.2) is 5.16 Å². The number of benzene rings is 1. The number of amides is 2. The highest BCUT2D eigenvalue weighted by Gasteiger charge is 2.14. The van der Waals surface area contributed by atoms with E-state index in [-0.39, 0.29) is 11.8 Å². The van der Waals surface area contributed by atoms with Gasteiger partial charge in [0, 0.05) is 30.6 Å². The van der Waals surface area contributed by atoms with Crippen LogP contribution in [0.1, 0.15) is 42.2 Å². The zero-order valence-corrected chi connectivity index (χ0v) is 17.8. The molecule has 8 heteroatoms. The Morgan fingerprint density at radius 3 is 2.67 bits per heavy atom. The number of aromatic nitrogens is 2. The molecular weight excluding hydrogens is 428 g/mol. The Labute approximate surface area is 172 Å². The van der Waals surface area contributed by atoms with Gasteiger partial charge in [-0.25, -0.2) is 9.97 Å². The molecule has 0 saturated carbocycles. The quantitative estimate of drug-likeness (QED) is 0.339. The molecule has 2 amide bonds. The first-order valence-corrected chi connectivity index (χ1v) is 10.6. The molecule has 1 heterocycles. The second-order valence-electron chi connectivity index (χ2n) is 5.97. The van der Waals surface area contributed by atoms with Crippen molar-refractivity contribution in [3.8, 4) is 0 Å². The number of thioether (sulfide) groups is 1. The summed E-state index contributed by atoms with van der Waals surface area (Å²) in [5.41, 5.74) is 2.23. The summed E-state index contributed by atoms with van der Waals surface area (Å²) in [6, 6.07) is 7.64. The first kappa shape index (κ1) is 21.4. The van der Waals surface area contributed by atoms with Crippen molar-refractivity contribution in [3.63, 3.8) is 0 Å². The molecule has 27 heavy (non-hydrogen) atoms. The van der Waals surface area contributed by atoms with Gasteiger partial charge < -0.3 is 10.6 Å². The Kier molecular flexibility index (Phi) is 8.74. The van der Waals surface area contributed by atoms with Gasteiger partial charge in [-0.05, 0) is 47.8 Å². The first-order chi connectivity index (χ1) is 13.0. The van der Waals surface area contributed by atoms with Crippen LogP contribution in [0.25, 0.3) is 0 Å². The normalized spacial score (nSPS) is 10.5. The van der Waals surface area contributed by atoms with Gasteiger partial charge in [0.1, 0.15) is 5.69 Å². The van der Waals surface area contributed by atoms with Crippen LogP contribution in [-0.2, 0) is 4.79 Å². The largest absolute Gasteiger partial charge is 0.351 e. The lowest BCUT2D eigenvalue weighted by molar-refractivity contribution is -0.116. The fraction of sp³-hybridized carbons (Fsp3) is 0.368. The summed E-state index contributed by atoms with van der Waals surface area (Å²) in [6.07, 6.45) is 3.48. The van der Waals surface area contributed by atoms with E-state index < -0.39 is 0 Å². The van der Waals surface area contributed by atoms with Crippen LogP contribution < -0.4 is 10.6 Å². The van der Waals surface area contributed by atoms with E-state index in [4.69, 9.17) is 0 Å². The third-order valence-electron chi connectivity index (χ3n) is 3.57. The van der Waals surface area contributed by atoms with Gasteiger partial charge in [-0.3, -0.25) is 9.59 Å². The van der Waals surface area contributed by atoms with Gasteiger partial charge in [-0.2, -0.15) is 0 Å². The summed E-state index contributed by atoms with van der Waals surface area (Å²) < 4.78 is 0.554. The number of rotatable bonds is 9. The summed E-state index contributed by atoms with van der Waals surface area (Å²) >= 11 is 4.83. The van der Waals surface area contributed by atoms with Crippen LogP contribution in [0.2, 0.25) is 0 Å². The molecule has 6 nitrogen and oxygen atoms in total. The van der Waals surface area contributed by atoms with E-state index in [1.807, 2.05) is 31.2 Å². The molecule has 2 aromatic rings. The molecule has 2 N–H and O–H groups in total. The minimum absolute atomic E-state index is 0.0745. The van der Waals surface area contributed by atoms with Crippen LogP contribution >= 0.6 is 27.7 Å². The molecule has 0 spiro atoms.